The van der Waals surface area contributed by atoms with Crippen molar-refractivity contribution in [3.8, 4) is 11.5 Å². The highest BCUT2D eigenvalue weighted by Gasteiger charge is 2.08. The second kappa shape index (κ2) is 8.40. The van der Waals surface area contributed by atoms with E-state index in [0.717, 1.165) is 11.4 Å². The standard InChI is InChI=1S/C17H19ClN2O4/c1-12-15(17(18)20(2)19-12)8-9-16(21)24-11-10-23-14-6-4-13(22-3)5-7-14/h4-9H,10-11H2,1-3H3/b9-8+. The molecular weight excluding hydrogens is 332 g/mol. The summed E-state index contributed by atoms with van der Waals surface area (Å²) < 4.78 is 17.1. The molecule has 0 aliphatic rings. The van der Waals surface area contributed by atoms with Crippen molar-refractivity contribution in [2.45, 2.75) is 6.92 Å². The molecule has 0 spiro atoms. The lowest BCUT2D eigenvalue weighted by Crippen LogP contribution is -2.10. The lowest BCUT2D eigenvalue weighted by atomic mass is 10.2. The van der Waals surface area contributed by atoms with Gasteiger partial charge in [0.25, 0.3) is 0 Å². The van der Waals surface area contributed by atoms with Gasteiger partial charge in [-0.05, 0) is 37.3 Å². The topological polar surface area (TPSA) is 62.6 Å². The van der Waals surface area contributed by atoms with E-state index < -0.39 is 5.97 Å². The summed E-state index contributed by atoms with van der Waals surface area (Å²) in [6.07, 6.45) is 2.92. The van der Waals surface area contributed by atoms with Gasteiger partial charge in [0.15, 0.2) is 0 Å². The molecule has 0 fully saturated rings. The largest absolute Gasteiger partial charge is 0.497 e. The van der Waals surface area contributed by atoms with Gasteiger partial charge in [-0.25, -0.2) is 4.79 Å². The van der Waals surface area contributed by atoms with Crippen molar-refractivity contribution in [1.82, 2.24) is 9.78 Å². The number of aromatic nitrogens is 2. The molecule has 0 N–H and O–H groups in total. The zero-order valence-electron chi connectivity index (χ0n) is 13.8. The Morgan fingerprint density at radius 3 is 2.50 bits per heavy atom. The highest BCUT2D eigenvalue weighted by molar-refractivity contribution is 6.31. The molecule has 2 rings (SSSR count). The van der Waals surface area contributed by atoms with E-state index in [-0.39, 0.29) is 13.2 Å². The normalized spacial score (nSPS) is 10.8. The summed E-state index contributed by atoms with van der Waals surface area (Å²) in [5.74, 6) is 0.969. The van der Waals surface area contributed by atoms with Crippen LogP contribution in [0, 0.1) is 6.92 Å². The summed E-state index contributed by atoms with van der Waals surface area (Å²) in [6.45, 7) is 2.23. The van der Waals surface area contributed by atoms with Gasteiger partial charge in [-0.15, -0.1) is 0 Å². The molecule has 0 unspecified atom stereocenters. The van der Waals surface area contributed by atoms with Gasteiger partial charge in [0.1, 0.15) is 29.9 Å². The number of carbonyl (C=O) groups excluding carboxylic acids is 1. The number of esters is 1. The minimum absolute atomic E-state index is 0.148. The number of benzene rings is 1. The molecule has 0 bridgehead atoms. The maximum absolute atomic E-state index is 11.7. The summed E-state index contributed by atoms with van der Waals surface area (Å²) in [7, 11) is 3.34. The smallest absolute Gasteiger partial charge is 0.330 e. The van der Waals surface area contributed by atoms with E-state index in [9.17, 15) is 4.79 Å². The Hall–Kier alpha value is -2.47. The van der Waals surface area contributed by atoms with Crippen molar-refractivity contribution in [3.63, 3.8) is 0 Å². The van der Waals surface area contributed by atoms with Gasteiger partial charge in [-0.2, -0.15) is 5.10 Å². The van der Waals surface area contributed by atoms with Crippen LogP contribution < -0.4 is 9.47 Å². The van der Waals surface area contributed by atoms with Crippen molar-refractivity contribution in [3.05, 3.63) is 46.8 Å². The first-order valence-corrected chi connectivity index (χ1v) is 7.70. The molecule has 0 saturated heterocycles. The van der Waals surface area contributed by atoms with E-state index in [1.54, 1.807) is 49.2 Å². The van der Waals surface area contributed by atoms with E-state index in [4.69, 9.17) is 25.8 Å². The van der Waals surface area contributed by atoms with Crippen molar-refractivity contribution < 1.29 is 19.0 Å². The molecule has 1 aromatic carbocycles. The molecule has 2 aromatic rings. The van der Waals surface area contributed by atoms with Crippen molar-refractivity contribution >= 4 is 23.6 Å². The molecule has 1 heterocycles. The van der Waals surface area contributed by atoms with E-state index in [1.165, 1.54) is 6.08 Å². The first-order chi connectivity index (χ1) is 11.5. The van der Waals surface area contributed by atoms with Crippen molar-refractivity contribution in [1.29, 1.82) is 0 Å². The molecule has 7 heteroatoms. The molecule has 0 aliphatic heterocycles. The third-order valence-corrected chi connectivity index (χ3v) is 3.69. The van der Waals surface area contributed by atoms with Crippen LogP contribution in [0.1, 0.15) is 11.3 Å². The molecule has 128 valence electrons. The van der Waals surface area contributed by atoms with Crippen LogP contribution in [0.15, 0.2) is 30.3 Å². The number of hydrogen-bond donors (Lipinski definition) is 0. The summed E-state index contributed by atoms with van der Waals surface area (Å²) in [5, 5.41) is 4.63. The summed E-state index contributed by atoms with van der Waals surface area (Å²) in [5.41, 5.74) is 1.44. The van der Waals surface area contributed by atoms with Gasteiger partial charge < -0.3 is 14.2 Å². The van der Waals surface area contributed by atoms with Crippen LogP contribution in [0.3, 0.4) is 0 Å². The number of aryl methyl sites for hydroxylation is 2. The lowest BCUT2D eigenvalue weighted by Gasteiger charge is -2.07. The van der Waals surface area contributed by atoms with E-state index in [2.05, 4.69) is 5.10 Å². The Morgan fingerprint density at radius 2 is 1.92 bits per heavy atom. The molecule has 24 heavy (non-hydrogen) atoms. The van der Waals surface area contributed by atoms with Gasteiger partial charge in [0.2, 0.25) is 0 Å². The highest BCUT2D eigenvalue weighted by atomic mass is 35.5. The maximum Gasteiger partial charge on any atom is 0.330 e. The molecule has 0 radical (unpaired) electrons. The monoisotopic (exact) mass is 350 g/mol. The minimum atomic E-state index is -0.465. The summed E-state index contributed by atoms with van der Waals surface area (Å²) in [6, 6.07) is 7.16. The molecule has 0 amide bonds. The van der Waals surface area contributed by atoms with E-state index >= 15 is 0 Å². The van der Waals surface area contributed by atoms with Gasteiger partial charge >= 0.3 is 5.97 Å². The SMILES string of the molecule is COc1ccc(OCCOC(=O)/C=C/c2c(C)nn(C)c2Cl)cc1. The second-order valence-corrected chi connectivity index (χ2v) is 5.30. The zero-order valence-corrected chi connectivity index (χ0v) is 14.5. The Morgan fingerprint density at radius 1 is 1.25 bits per heavy atom. The first-order valence-electron chi connectivity index (χ1n) is 7.32. The van der Waals surface area contributed by atoms with Gasteiger partial charge in [-0.1, -0.05) is 11.6 Å². The number of nitrogens with zero attached hydrogens (tertiary/aromatic N) is 2. The third kappa shape index (κ3) is 4.76. The van der Waals surface area contributed by atoms with E-state index in [0.29, 0.717) is 16.5 Å². The number of hydrogen-bond acceptors (Lipinski definition) is 5. The first kappa shape index (κ1) is 17.9. The fraction of sp³-hybridized carbons (Fsp3) is 0.294. The lowest BCUT2D eigenvalue weighted by molar-refractivity contribution is -0.138. The maximum atomic E-state index is 11.7. The highest BCUT2D eigenvalue weighted by Crippen LogP contribution is 2.20. The Labute approximate surface area is 145 Å². The predicted octanol–water partition coefficient (Wildman–Crippen LogP) is 3.03. The quantitative estimate of drug-likeness (QED) is 0.436. The van der Waals surface area contributed by atoms with Crippen LogP contribution >= 0.6 is 11.6 Å². The Kier molecular flexibility index (Phi) is 6.26. The third-order valence-electron chi connectivity index (χ3n) is 3.24. The summed E-state index contributed by atoms with van der Waals surface area (Å²) in [4.78, 5) is 11.7. The number of rotatable bonds is 7. The number of halogens is 1. The van der Waals surface area contributed by atoms with Crippen LogP contribution in [-0.4, -0.2) is 36.1 Å². The number of methoxy groups -OCH3 is 1. The van der Waals surface area contributed by atoms with Crippen molar-refractivity contribution in [2.24, 2.45) is 7.05 Å². The average Bonchev–Trinajstić information content (AvgIpc) is 2.82. The van der Waals surface area contributed by atoms with Crippen molar-refractivity contribution in [2.75, 3.05) is 20.3 Å². The van der Waals surface area contributed by atoms with Crippen LogP contribution in [0.5, 0.6) is 11.5 Å². The molecule has 0 saturated carbocycles. The Balaban J connectivity index is 1.75. The van der Waals surface area contributed by atoms with Crippen LogP contribution in [0.25, 0.3) is 6.08 Å². The van der Waals surface area contributed by atoms with Gasteiger partial charge in [-0.3, -0.25) is 4.68 Å². The van der Waals surface area contributed by atoms with E-state index in [1.807, 2.05) is 6.92 Å². The molecular formula is C17H19ClN2O4. The van der Waals surface area contributed by atoms with Gasteiger partial charge in [0.05, 0.1) is 12.8 Å². The fourth-order valence-corrected chi connectivity index (χ4v) is 2.25. The van der Waals surface area contributed by atoms with Crippen LogP contribution in [0.4, 0.5) is 0 Å². The zero-order chi connectivity index (χ0) is 17.5. The average molecular weight is 351 g/mol. The minimum Gasteiger partial charge on any atom is -0.497 e. The molecule has 0 atom stereocenters. The fourth-order valence-electron chi connectivity index (χ4n) is 2.01. The predicted molar refractivity (Wildman–Crippen MR) is 91.4 cm³/mol. The van der Waals surface area contributed by atoms with Crippen LogP contribution in [0.2, 0.25) is 5.15 Å². The Bertz CT molecular complexity index is 723. The van der Waals surface area contributed by atoms with Crippen LogP contribution in [-0.2, 0) is 16.6 Å². The van der Waals surface area contributed by atoms with Gasteiger partial charge in [0, 0.05) is 18.7 Å². The number of carbonyl (C=O) groups is 1. The second-order valence-electron chi connectivity index (χ2n) is 4.94. The summed E-state index contributed by atoms with van der Waals surface area (Å²) >= 11 is 6.08. The molecule has 1 aromatic heterocycles. The molecule has 6 nitrogen and oxygen atoms in total. The molecule has 0 aliphatic carbocycles. The number of ether oxygens (including phenoxy) is 3.